The molecular weight excluding hydrogens is 699 g/mol. The Morgan fingerprint density at radius 2 is 1.69 bits per heavy atom. The summed E-state index contributed by atoms with van der Waals surface area (Å²) < 4.78 is 57.6. The van der Waals surface area contributed by atoms with Gasteiger partial charge in [0.05, 0.1) is 24.6 Å². The third-order valence-electron chi connectivity index (χ3n) is 7.76. The van der Waals surface area contributed by atoms with Gasteiger partial charge >= 0.3 is 18.0 Å². The molecule has 1 aliphatic carbocycles. The average Bonchev–Trinajstić information content (AvgIpc) is 3.51. The standard InChI is InChI=1S/C33H42ClFN4O8S2/c1-32(2,3)46-24(40)18-38(49(8,43)44)21-12-9-19(10-13-21)26-25(30(41)45-7)27(22-14-11-20(35)17-23(22)34)39(31(42)47-33(4,5)6)28(37-26)29-36-15-16-48-29/h11,14-17,19,21,27H,9-10,12-13,18H2,1-8H3/t19-,21-,27?. The molecule has 0 bridgehead atoms. The van der Waals surface area contributed by atoms with Crippen LogP contribution in [0, 0.1) is 11.7 Å². The zero-order valence-electron chi connectivity index (χ0n) is 28.8. The van der Waals surface area contributed by atoms with Crippen LogP contribution in [0.25, 0.3) is 0 Å². The van der Waals surface area contributed by atoms with Crippen LogP contribution in [0.3, 0.4) is 0 Å². The summed E-state index contributed by atoms with van der Waals surface area (Å²) in [7, 11) is -2.60. The van der Waals surface area contributed by atoms with Crippen LogP contribution in [-0.2, 0) is 33.8 Å². The predicted octanol–water partition coefficient (Wildman–Crippen LogP) is 6.26. The molecule has 16 heteroatoms. The van der Waals surface area contributed by atoms with Crippen molar-refractivity contribution in [3.63, 3.8) is 0 Å². The molecule has 1 fully saturated rings. The minimum absolute atomic E-state index is 0.000604. The number of amides is 1. The number of carbonyl (C=O) groups is 3. The van der Waals surface area contributed by atoms with Crippen LogP contribution in [0.2, 0.25) is 5.02 Å². The van der Waals surface area contributed by atoms with E-state index < -0.39 is 69.6 Å². The number of nitrogens with zero attached hydrogens (tertiary/aromatic N) is 4. The number of halogens is 2. The molecule has 49 heavy (non-hydrogen) atoms. The van der Waals surface area contributed by atoms with Crippen molar-refractivity contribution >= 4 is 56.8 Å². The molecule has 1 atom stereocenters. The first-order valence-corrected chi connectivity index (χ1v) is 18.8. The smallest absolute Gasteiger partial charge is 0.416 e. The van der Waals surface area contributed by atoms with Crippen molar-refractivity contribution in [1.29, 1.82) is 0 Å². The second kappa shape index (κ2) is 14.8. The van der Waals surface area contributed by atoms with Gasteiger partial charge in [-0.05, 0) is 84.9 Å². The highest BCUT2D eigenvalue weighted by atomic mass is 35.5. The summed E-state index contributed by atoms with van der Waals surface area (Å²) in [5, 5.41) is 2.01. The number of carbonyl (C=O) groups excluding carboxylic acids is 3. The van der Waals surface area contributed by atoms with Crippen molar-refractivity contribution < 1.29 is 41.4 Å². The fourth-order valence-electron chi connectivity index (χ4n) is 5.92. The molecular formula is C33H42ClFN4O8S2. The van der Waals surface area contributed by atoms with E-state index in [0.29, 0.717) is 36.4 Å². The summed E-state index contributed by atoms with van der Waals surface area (Å²) in [5.41, 5.74) is -1.20. The fourth-order valence-corrected chi connectivity index (χ4v) is 7.90. The highest BCUT2D eigenvalue weighted by molar-refractivity contribution is 7.88. The highest BCUT2D eigenvalue weighted by Crippen LogP contribution is 2.45. The van der Waals surface area contributed by atoms with Gasteiger partial charge in [0.2, 0.25) is 10.0 Å². The van der Waals surface area contributed by atoms with E-state index in [-0.39, 0.29) is 22.0 Å². The lowest BCUT2D eigenvalue weighted by molar-refractivity contribution is -0.155. The number of allylic oxidation sites excluding steroid dienone is 1. The maximum atomic E-state index is 14.3. The predicted molar refractivity (Wildman–Crippen MR) is 183 cm³/mol. The Morgan fingerprint density at radius 1 is 1.06 bits per heavy atom. The molecule has 1 aliphatic heterocycles. The van der Waals surface area contributed by atoms with Gasteiger partial charge in [-0.3, -0.25) is 4.79 Å². The van der Waals surface area contributed by atoms with E-state index in [0.717, 1.165) is 16.6 Å². The molecule has 2 aromatic rings. The van der Waals surface area contributed by atoms with Crippen molar-refractivity contribution in [2.24, 2.45) is 10.9 Å². The molecule has 1 aromatic carbocycles. The number of methoxy groups -OCH3 is 1. The van der Waals surface area contributed by atoms with Gasteiger partial charge < -0.3 is 14.2 Å². The Morgan fingerprint density at radius 3 is 2.20 bits per heavy atom. The molecule has 2 aliphatic rings. The van der Waals surface area contributed by atoms with Crippen LogP contribution < -0.4 is 0 Å². The highest BCUT2D eigenvalue weighted by Gasteiger charge is 2.46. The van der Waals surface area contributed by atoms with Gasteiger partial charge in [0.25, 0.3) is 0 Å². The number of aliphatic imine (C=N–C) groups is 1. The molecule has 12 nitrogen and oxygen atoms in total. The van der Waals surface area contributed by atoms with Crippen LogP contribution in [-0.4, -0.2) is 83.6 Å². The van der Waals surface area contributed by atoms with E-state index in [4.69, 9.17) is 30.8 Å². The van der Waals surface area contributed by atoms with Crippen molar-refractivity contribution in [2.75, 3.05) is 19.9 Å². The summed E-state index contributed by atoms with van der Waals surface area (Å²) in [4.78, 5) is 51.0. The maximum absolute atomic E-state index is 14.3. The molecule has 0 N–H and O–H groups in total. The van der Waals surface area contributed by atoms with E-state index in [2.05, 4.69) is 4.98 Å². The third kappa shape index (κ3) is 9.44. The number of thiazole rings is 1. The van der Waals surface area contributed by atoms with Gasteiger partial charge in [-0.1, -0.05) is 17.7 Å². The molecule has 1 aromatic heterocycles. The Kier molecular flexibility index (Phi) is 11.6. The quantitative estimate of drug-likeness (QED) is 0.226. The SMILES string of the molecule is COC(=O)C1=C([C@H]2CC[C@H](N(CC(=O)OC(C)(C)C)S(C)(=O)=O)CC2)N=C(c2nccs2)N(C(=O)OC(C)(C)C)C1c1ccc(F)cc1Cl. The van der Waals surface area contributed by atoms with E-state index >= 15 is 0 Å². The first-order chi connectivity index (χ1) is 22.7. The van der Waals surface area contributed by atoms with Gasteiger partial charge in [0.1, 0.15) is 29.6 Å². The zero-order chi connectivity index (χ0) is 36.5. The Hall–Kier alpha value is -3.40. The molecule has 0 saturated heterocycles. The summed E-state index contributed by atoms with van der Waals surface area (Å²) in [6.07, 6.45) is 3.15. The Labute approximate surface area is 295 Å². The normalized spacial score (nSPS) is 20.6. The lowest BCUT2D eigenvalue weighted by Gasteiger charge is -2.40. The van der Waals surface area contributed by atoms with Gasteiger partial charge in [0.15, 0.2) is 10.8 Å². The number of aromatic nitrogens is 1. The number of rotatable bonds is 8. The molecule has 4 rings (SSSR count). The van der Waals surface area contributed by atoms with Gasteiger partial charge in [-0.2, -0.15) is 4.31 Å². The largest absolute Gasteiger partial charge is 0.466 e. The molecule has 1 amide bonds. The summed E-state index contributed by atoms with van der Waals surface area (Å²) in [5.74, 6) is -2.39. The fraction of sp³-hybridized carbons (Fsp3) is 0.545. The van der Waals surface area contributed by atoms with Crippen LogP contribution in [0.4, 0.5) is 9.18 Å². The van der Waals surface area contributed by atoms with Crippen molar-refractivity contribution in [3.8, 4) is 0 Å². The molecule has 1 saturated carbocycles. The first kappa shape index (κ1) is 38.4. The molecule has 2 heterocycles. The maximum Gasteiger partial charge on any atom is 0.416 e. The van der Waals surface area contributed by atoms with Gasteiger partial charge in [-0.25, -0.2) is 37.3 Å². The number of hydrogen-bond donors (Lipinski definition) is 0. The molecule has 0 radical (unpaired) electrons. The van der Waals surface area contributed by atoms with Crippen LogP contribution >= 0.6 is 22.9 Å². The topological polar surface area (TPSA) is 145 Å². The lowest BCUT2D eigenvalue weighted by atomic mass is 9.80. The number of sulfonamides is 1. The second-order valence-corrected chi connectivity index (χ2v) is 17.1. The lowest BCUT2D eigenvalue weighted by Crippen LogP contribution is -2.48. The van der Waals surface area contributed by atoms with Gasteiger partial charge in [-0.15, -0.1) is 11.3 Å². The van der Waals surface area contributed by atoms with Crippen molar-refractivity contribution in [1.82, 2.24) is 14.2 Å². The number of ether oxygens (including phenoxy) is 3. The third-order valence-corrected chi connectivity index (χ3v) is 10.1. The van der Waals surface area contributed by atoms with Crippen molar-refractivity contribution in [2.45, 2.75) is 90.5 Å². The average molecular weight is 741 g/mol. The monoisotopic (exact) mass is 740 g/mol. The number of benzene rings is 1. The molecule has 1 unspecified atom stereocenters. The first-order valence-electron chi connectivity index (χ1n) is 15.7. The Bertz CT molecular complexity index is 1740. The zero-order valence-corrected chi connectivity index (χ0v) is 31.2. The van der Waals surface area contributed by atoms with Gasteiger partial charge in [0, 0.05) is 28.6 Å². The molecule has 0 spiro atoms. The summed E-state index contributed by atoms with van der Waals surface area (Å²) in [6.45, 7) is 9.75. The number of esters is 2. The summed E-state index contributed by atoms with van der Waals surface area (Å²) in [6, 6.07) is 1.88. The van der Waals surface area contributed by atoms with E-state index in [1.54, 1.807) is 53.1 Å². The minimum Gasteiger partial charge on any atom is -0.466 e. The van der Waals surface area contributed by atoms with E-state index in [1.165, 1.54) is 35.5 Å². The van der Waals surface area contributed by atoms with Crippen LogP contribution in [0.15, 0.2) is 46.0 Å². The van der Waals surface area contributed by atoms with E-state index in [9.17, 15) is 27.2 Å². The Balaban J connectivity index is 1.84. The van der Waals surface area contributed by atoms with Crippen LogP contribution in [0.5, 0.6) is 0 Å². The van der Waals surface area contributed by atoms with Crippen LogP contribution in [0.1, 0.15) is 83.8 Å². The second-order valence-electron chi connectivity index (χ2n) is 13.9. The number of hydrogen-bond acceptors (Lipinski definition) is 11. The minimum atomic E-state index is -3.80. The van der Waals surface area contributed by atoms with Crippen molar-refractivity contribution in [3.05, 3.63) is 62.5 Å². The number of amidine groups is 1. The summed E-state index contributed by atoms with van der Waals surface area (Å²) >= 11 is 7.83. The van der Waals surface area contributed by atoms with E-state index in [1.807, 2.05) is 0 Å². The molecule has 268 valence electrons.